The Labute approximate surface area is 94.6 Å². The van der Waals surface area contributed by atoms with Gasteiger partial charge in [-0.3, -0.25) is 4.21 Å². The van der Waals surface area contributed by atoms with Crippen LogP contribution in [0.25, 0.3) is 0 Å². The largest absolute Gasteiger partial charge is 0.475 e. The molecular formula is C8H10O6S2. The SMILES string of the molecule is CS(=O)(=O)CCS(=O)c1ccc(C(=O)O)o1. The second-order valence-corrected chi connectivity index (χ2v) is 6.86. The normalized spacial score (nSPS) is 13.6. The van der Waals surface area contributed by atoms with Crippen molar-refractivity contribution in [1.82, 2.24) is 0 Å². The fourth-order valence-electron chi connectivity index (χ4n) is 0.885. The first-order chi connectivity index (χ1) is 7.29. The molecule has 0 saturated heterocycles. The van der Waals surface area contributed by atoms with Crippen LogP contribution in [0.3, 0.4) is 0 Å². The van der Waals surface area contributed by atoms with Crippen LogP contribution in [0.15, 0.2) is 21.6 Å². The van der Waals surface area contributed by atoms with Crippen molar-refractivity contribution in [1.29, 1.82) is 0 Å². The third-order valence-corrected chi connectivity index (χ3v) is 4.10. The average molecular weight is 266 g/mol. The standard InChI is InChI=1S/C8H10O6S2/c1-16(12,13)5-4-15(11)7-3-2-6(14-7)8(9)10/h2-3H,4-5H2,1H3,(H,9,10). The lowest BCUT2D eigenvalue weighted by atomic mass is 10.5. The van der Waals surface area contributed by atoms with Gasteiger partial charge in [0.1, 0.15) is 9.84 Å². The number of carboxylic acid groups (broad SMARTS) is 1. The number of rotatable bonds is 5. The van der Waals surface area contributed by atoms with Crippen LogP contribution in [0.5, 0.6) is 0 Å². The third-order valence-electron chi connectivity index (χ3n) is 1.66. The van der Waals surface area contributed by atoms with Crippen LogP contribution < -0.4 is 0 Å². The molecule has 0 aliphatic heterocycles. The lowest BCUT2D eigenvalue weighted by Gasteiger charge is -1.97. The van der Waals surface area contributed by atoms with Crippen LogP contribution in [-0.4, -0.2) is 41.5 Å². The van der Waals surface area contributed by atoms with Crippen molar-refractivity contribution in [2.24, 2.45) is 0 Å². The Morgan fingerprint density at radius 1 is 1.50 bits per heavy atom. The van der Waals surface area contributed by atoms with E-state index >= 15 is 0 Å². The van der Waals surface area contributed by atoms with Crippen molar-refractivity contribution in [2.45, 2.75) is 5.09 Å². The lowest BCUT2D eigenvalue weighted by Crippen LogP contribution is -2.11. The predicted octanol–water partition coefficient (Wildman–Crippen LogP) is 0.130. The minimum atomic E-state index is -3.19. The van der Waals surface area contributed by atoms with Gasteiger partial charge >= 0.3 is 5.97 Å². The van der Waals surface area contributed by atoms with E-state index in [0.717, 1.165) is 6.26 Å². The molecule has 1 rings (SSSR count). The summed E-state index contributed by atoms with van der Waals surface area (Å²) >= 11 is 0. The summed E-state index contributed by atoms with van der Waals surface area (Å²) in [6.45, 7) is 0. The molecule has 0 aromatic carbocycles. The van der Waals surface area contributed by atoms with E-state index in [-0.39, 0.29) is 22.4 Å². The van der Waals surface area contributed by atoms with E-state index in [1.807, 2.05) is 0 Å². The van der Waals surface area contributed by atoms with Gasteiger partial charge in [-0.05, 0) is 12.1 Å². The van der Waals surface area contributed by atoms with Gasteiger partial charge in [0, 0.05) is 12.0 Å². The number of carboxylic acids is 1. The summed E-state index contributed by atoms with van der Waals surface area (Å²) in [5, 5.41) is 8.52. The van der Waals surface area contributed by atoms with E-state index in [1.54, 1.807) is 0 Å². The topological polar surface area (TPSA) is 102 Å². The summed E-state index contributed by atoms with van der Waals surface area (Å²) in [6, 6.07) is 2.44. The monoisotopic (exact) mass is 266 g/mol. The smallest absolute Gasteiger partial charge is 0.371 e. The molecule has 1 aromatic rings. The summed E-state index contributed by atoms with van der Waals surface area (Å²) < 4.78 is 37.9. The van der Waals surface area contributed by atoms with Gasteiger partial charge in [-0.25, -0.2) is 13.2 Å². The molecule has 6 nitrogen and oxygen atoms in total. The highest BCUT2D eigenvalue weighted by molar-refractivity contribution is 7.92. The Morgan fingerprint density at radius 2 is 2.12 bits per heavy atom. The quantitative estimate of drug-likeness (QED) is 0.812. The van der Waals surface area contributed by atoms with Gasteiger partial charge in [0.25, 0.3) is 0 Å². The van der Waals surface area contributed by atoms with Gasteiger partial charge in [0.15, 0.2) is 5.09 Å². The lowest BCUT2D eigenvalue weighted by molar-refractivity contribution is 0.0656. The molecule has 1 aromatic heterocycles. The van der Waals surface area contributed by atoms with Crippen LogP contribution >= 0.6 is 0 Å². The number of furan rings is 1. The summed E-state index contributed by atoms with van der Waals surface area (Å²) in [6.07, 6.45) is 1.04. The molecule has 16 heavy (non-hydrogen) atoms. The first kappa shape index (κ1) is 12.9. The molecule has 0 radical (unpaired) electrons. The van der Waals surface area contributed by atoms with E-state index in [4.69, 9.17) is 9.52 Å². The predicted molar refractivity (Wildman–Crippen MR) is 56.7 cm³/mol. The van der Waals surface area contributed by atoms with Crippen molar-refractivity contribution in [3.63, 3.8) is 0 Å². The summed E-state index contributed by atoms with van der Waals surface area (Å²) in [7, 11) is -4.82. The summed E-state index contributed by atoms with van der Waals surface area (Å²) in [5.74, 6) is -1.91. The number of carbonyl (C=O) groups is 1. The highest BCUT2D eigenvalue weighted by Gasteiger charge is 2.15. The fraction of sp³-hybridized carbons (Fsp3) is 0.375. The maximum atomic E-state index is 11.5. The highest BCUT2D eigenvalue weighted by atomic mass is 32.2. The molecule has 8 heteroatoms. The van der Waals surface area contributed by atoms with Crippen molar-refractivity contribution in [2.75, 3.05) is 17.8 Å². The van der Waals surface area contributed by atoms with Crippen molar-refractivity contribution >= 4 is 26.6 Å². The Balaban J connectivity index is 2.70. The van der Waals surface area contributed by atoms with Crippen LogP contribution in [-0.2, 0) is 20.6 Å². The minimum Gasteiger partial charge on any atom is -0.475 e. The molecule has 1 unspecified atom stereocenters. The average Bonchev–Trinajstić information content (AvgIpc) is 2.61. The molecule has 1 atom stereocenters. The first-order valence-corrected chi connectivity index (χ1v) is 7.57. The number of hydrogen-bond donors (Lipinski definition) is 1. The minimum absolute atomic E-state index is 0.0268. The molecule has 0 spiro atoms. The molecule has 0 bridgehead atoms. The molecule has 0 aliphatic rings. The highest BCUT2D eigenvalue weighted by Crippen LogP contribution is 2.12. The van der Waals surface area contributed by atoms with Gasteiger partial charge in [-0.2, -0.15) is 0 Å². The van der Waals surface area contributed by atoms with Crippen LogP contribution in [0, 0.1) is 0 Å². The summed E-state index contributed by atoms with van der Waals surface area (Å²) in [4.78, 5) is 10.5. The maximum absolute atomic E-state index is 11.5. The zero-order chi connectivity index (χ0) is 12.3. The second-order valence-electron chi connectivity index (χ2n) is 3.10. The molecular weight excluding hydrogens is 256 g/mol. The van der Waals surface area contributed by atoms with Crippen LogP contribution in [0.2, 0.25) is 0 Å². The molecule has 0 saturated carbocycles. The Bertz CT molecular complexity index is 512. The molecule has 0 amide bonds. The molecule has 90 valence electrons. The van der Waals surface area contributed by atoms with Gasteiger partial charge in [0.05, 0.1) is 16.6 Å². The van der Waals surface area contributed by atoms with Gasteiger partial charge in [0.2, 0.25) is 5.76 Å². The first-order valence-electron chi connectivity index (χ1n) is 4.19. The zero-order valence-electron chi connectivity index (χ0n) is 8.37. The van der Waals surface area contributed by atoms with E-state index in [0.29, 0.717) is 0 Å². The number of hydrogen-bond acceptors (Lipinski definition) is 5. The number of aromatic carboxylic acids is 1. The molecule has 0 aliphatic carbocycles. The van der Waals surface area contributed by atoms with E-state index in [1.165, 1.54) is 12.1 Å². The van der Waals surface area contributed by atoms with E-state index < -0.39 is 26.6 Å². The van der Waals surface area contributed by atoms with Gasteiger partial charge in [-0.1, -0.05) is 0 Å². The molecule has 1 N–H and O–H groups in total. The van der Waals surface area contributed by atoms with Crippen LogP contribution in [0.4, 0.5) is 0 Å². The molecule has 0 fully saturated rings. The van der Waals surface area contributed by atoms with Crippen molar-refractivity contribution in [3.8, 4) is 0 Å². The van der Waals surface area contributed by atoms with Crippen molar-refractivity contribution < 1.29 is 26.9 Å². The molecule has 1 heterocycles. The van der Waals surface area contributed by atoms with Gasteiger partial charge < -0.3 is 9.52 Å². The van der Waals surface area contributed by atoms with Gasteiger partial charge in [-0.15, -0.1) is 0 Å². The second kappa shape index (κ2) is 4.79. The fourth-order valence-corrected chi connectivity index (χ4v) is 3.31. The Morgan fingerprint density at radius 3 is 2.56 bits per heavy atom. The zero-order valence-corrected chi connectivity index (χ0v) is 10.0. The van der Waals surface area contributed by atoms with E-state index in [9.17, 15) is 17.4 Å². The van der Waals surface area contributed by atoms with E-state index in [2.05, 4.69) is 0 Å². The number of sulfone groups is 1. The van der Waals surface area contributed by atoms with Crippen LogP contribution in [0.1, 0.15) is 10.6 Å². The Hall–Kier alpha value is -1.15. The maximum Gasteiger partial charge on any atom is 0.371 e. The Kier molecular flexibility index (Phi) is 3.87. The third kappa shape index (κ3) is 3.78. The summed E-state index contributed by atoms with van der Waals surface area (Å²) in [5.41, 5.74) is 0. The van der Waals surface area contributed by atoms with Crippen molar-refractivity contribution in [3.05, 3.63) is 17.9 Å².